The molecule has 3 nitrogen and oxygen atoms in total. The molecular weight excluding hydrogens is 339 g/mol. The third kappa shape index (κ3) is 3.42. The van der Waals surface area contributed by atoms with Crippen molar-refractivity contribution in [3.8, 4) is 11.5 Å². The number of benzene rings is 2. The summed E-state index contributed by atoms with van der Waals surface area (Å²) < 4.78 is 24.1. The number of halogens is 2. The molecule has 0 saturated heterocycles. The molecule has 0 saturated carbocycles. The number of ether oxygens (including phenoxy) is 2. The van der Waals surface area contributed by atoms with Crippen LogP contribution in [-0.2, 0) is 6.42 Å². The van der Waals surface area contributed by atoms with Crippen LogP contribution < -0.4 is 9.47 Å². The Hall–Kier alpha value is -1.88. The Morgan fingerprint density at radius 3 is 2.62 bits per heavy atom. The predicted octanol–water partition coefficient (Wildman–Crippen LogP) is 4.03. The molecule has 0 N–H and O–H groups in total. The highest BCUT2D eigenvalue weighted by Crippen LogP contribution is 2.27. The van der Waals surface area contributed by atoms with Gasteiger partial charge in [0.15, 0.2) is 5.78 Å². The van der Waals surface area contributed by atoms with Crippen molar-refractivity contribution in [3.63, 3.8) is 0 Å². The summed E-state index contributed by atoms with van der Waals surface area (Å²) in [4.78, 5) is 12.4. The standard InChI is InChI=1S/C16H14BrFO3/c1-20-11-6-7-15(21-2)12(9-11)14(19)8-10-4-3-5-13(18)16(10)17/h3-7,9H,8H2,1-2H3. The van der Waals surface area contributed by atoms with E-state index in [4.69, 9.17) is 9.47 Å². The van der Waals surface area contributed by atoms with E-state index >= 15 is 0 Å². The lowest BCUT2D eigenvalue weighted by Gasteiger charge is -2.10. The Balaban J connectivity index is 2.34. The van der Waals surface area contributed by atoms with Crippen LogP contribution in [0.1, 0.15) is 15.9 Å². The molecule has 110 valence electrons. The molecule has 0 unspecified atom stereocenters. The minimum Gasteiger partial charge on any atom is -0.497 e. The summed E-state index contributed by atoms with van der Waals surface area (Å²) in [6.45, 7) is 0. The van der Waals surface area contributed by atoms with Crippen LogP contribution in [0.15, 0.2) is 40.9 Å². The van der Waals surface area contributed by atoms with Gasteiger partial charge in [0.2, 0.25) is 0 Å². The average Bonchev–Trinajstić information content (AvgIpc) is 2.51. The SMILES string of the molecule is COc1ccc(OC)c(C(=O)Cc2cccc(F)c2Br)c1. The maximum atomic E-state index is 13.5. The third-order valence-corrected chi connectivity index (χ3v) is 3.98. The van der Waals surface area contributed by atoms with Crippen LogP contribution in [0.5, 0.6) is 11.5 Å². The van der Waals surface area contributed by atoms with Crippen LogP contribution >= 0.6 is 15.9 Å². The maximum absolute atomic E-state index is 13.5. The Morgan fingerprint density at radius 2 is 1.95 bits per heavy atom. The number of rotatable bonds is 5. The molecule has 2 aromatic carbocycles. The topological polar surface area (TPSA) is 35.5 Å². The first-order chi connectivity index (χ1) is 10.1. The van der Waals surface area contributed by atoms with Gasteiger partial charge in [-0.1, -0.05) is 12.1 Å². The normalized spacial score (nSPS) is 10.3. The summed E-state index contributed by atoms with van der Waals surface area (Å²) >= 11 is 3.16. The number of ketones is 1. The fourth-order valence-electron chi connectivity index (χ4n) is 1.99. The largest absolute Gasteiger partial charge is 0.497 e. The summed E-state index contributed by atoms with van der Waals surface area (Å²) in [5.41, 5.74) is 0.998. The predicted molar refractivity (Wildman–Crippen MR) is 81.7 cm³/mol. The molecule has 0 aromatic heterocycles. The summed E-state index contributed by atoms with van der Waals surface area (Å²) in [6, 6.07) is 9.63. The van der Waals surface area contributed by atoms with Crippen molar-refractivity contribution in [1.82, 2.24) is 0 Å². The molecule has 0 radical (unpaired) electrons. The molecule has 0 heterocycles. The van der Waals surface area contributed by atoms with Gasteiger partial charge in [0.1, 0.15) is 17.3 Å². The molecule has 5 heteroatoms. The summed E-state index contributed by atoms with van der Waals surface area (Å²) in [7, 11) is 3.02. The molecule has 21 heavy (non-hydrogen) atoms. The van der Waals surface area contributed by atoms with E-state index in [2.05, 4.69) is 15.9 Å². The molecule has 0 atom stereocenters. The van der Waals surface area contributed by atoms with Crippen molar-refractivity contribution < 1.29 is 18.7 Å². The van der Waals surface area contributed by atoms with E-state index in [1.54, 1.807) is 30.3 Å². The molecule has 0 bridgehead atoms. The van der Waals surface area contributed by atoms with Crippen molar-refractivity contribution in [2.24, 2.45) is 0 Å². The quantitative estimate of drug-likeness (QED) is 0.762. The lowest BCUT2D eigenvalue weighted by molar-refractivity contribution is 0.0989. The first kappa shape index (κ1) is 15.5. The van der Waals surface area contributed by atoms with Crippen molar-refractivity contribution in [2.75, 3.05) is 14.2 Å². The number of hydrogen-bond acceptors (Lipinski definition) is 3. The highest BCUT2D eigenvalue weighted by Gasteiger charge is 2.16. The van der Waals surface area contributed by atoms with E-state index in [0.29, 0.717) is 27.1 Å². The zero-order chi connectivity index (χ0) is 15.4. The van der Waals surface area contributed by atoms with Gasteiger partial charge in [-0.3, -0.25) is 4.79 Å². The van der Waals surface area contributed by atoms with Crippen molar-refractivity contribution in [1.29, 1.82) is 0 Å². The highest BCUT2D eigenvalue weighted by molar-refractivity contribution is 9.10. The molecule has 2 rings (SSSR count). The van der Waals surface area contributed by atoms with Gasteiger partial charge >= 0.3 is 0 Å². The smallest absolute Gasteiger partial charge is 0.171 e. The fraction of sp³-hybridized carbons (Fsp3) is 0.188. The molecule has 0 aliphatic rings. The van der Waals surface area contributed by atoms with Crippen LogP contribution in [0.25, 0.3) is 0 Å². The Bertz CT molecular complexity index is 671. The molecule has 0 amide bonds. The third-order valence-electron chi connectivity index (χ3n) is 3.09. The van der Waals surface area contributed by atoms with Crippen LogP contribution in [0.3, 0.4) is 0 Å². The van der Waals surface area contributed by atoms with E-state index in [1.807, 2.05) is 0 Å². The molecule has 0 aliphatic carbocycles. The Labute approximate surface area is 130 Å². The highest BCUT2D eigenvalue weighted by atomic mass is 79.9. The lowest BCUT2D eigenvalue weighted by atomic mass is 10.0. The van der Waals surface area contributed by atoms with Crippen LogP contribution in [0, 0.1) is 5.82 Å². The number of methoxy groups -OCH3 is 2. The zero-order valence-corrected chi connectivity index (χ0v) is 13.2. The first-order valence-corrected chi connectivity index (χ1v) is 7.04. The van der Waals surface area contributed by atoms with Gasteiger partial charge in [0, 0.05) is 6.42 Å². The van der Waals surface area contributed by atoms with E-state index < -0.39 is 5.82 Å². The molecule has 0 fully saturated rings. The number of carbonyl (C=O) groups is 1. The second-order valence-corrected chi connectivity index (χ2v) is 5.17. The molecule has 0 spiro atoms. The van der Waals surface area contributed by atoms with Gasteiger partial charge in [-0.2, -0.15) is 0 Å². The number of carbonyl (C=O) groups excluding carboxylic acids is 1. The summed E-state index contributed by atoms with van der Waals surface area (Å²) in [6.07, 6.45) is 0.0713. The van der Waals surface area contributed by atoms with Gasteiger partial charge in [-0.25, -0.2) is 4.39 Å². The lowest BCUT2D eigenvalue weighted by Crippen LogP contribution is -2.07. The molecule has 0 aliphatic heterocycles. The molecular formula is C16H14BrFO3. The minimum atomic E-state index is -0.391. The fourth-order valence-corrected chi connectivity index (χ4v) is 2.39. The van der Waals surface area contributed by atoms with Gasteiger partial charge in [0.05, 0.1) is 24.3 Å². The van der Waals surface area contributed by atoms with Crippen LogP contribution in [0.4, 0.5) is 4.39 Å². The summed E-state index contributed by atoms with van der Waals surface area (Å²) in [5.74, 6) is 0.473. The zero-order valence-electron chi connectivity index (χ0n) is 11.7. The van der Waals surface area contributed by atoms with Crippen molar-refractivity contribution in [2.45, 2.75) is 6.42 Å². The maximum Gasteiger partial charge on any atom is 0.171 e. The van der Waals surface area contributed by atoms with E-state index in [1.165, 1.54) is 20.3 Å². The van der Waals surface area contributed by atoms with Gasteiger partial charge < -0.3 is 9.47 Å². The Morgan fingerprint density at radius 1 is 1.19 bits per heavy atom. The van der Waals surface area contributed by atoms with Crippen LogP contribution in [-0.4, -0.2) is 20.0 Å². The van der Waals surface area contributed by atoms with Gasteiger partial charge in [-0.05, 0) is 45.8 Å². The van der Waals surface area contributed by atoms with Gasteiger partial charge in [-0.15, -0.1) is 0 Å². The monoisotopic (exact) mass is 352 g/mol. The summed E-state index contributed by atoms with van der Waals surface area (Å²) in [5, 5.41) is 0. The van der Waals surface area contributed by atoms with E-state index in [0.717, 1.165) is 0 Å². The number of hydrogen-bond donors (Lipinski definition) is 0. The van der Waals surface area contributed by atoms with Crippen LogP contribution in [0.2, 0.25) is 0 Å². The van der Waals surface area contributed by atoms with Crippen molar-refractivity contribution in [3.05, 3.63) is 57.8 Å². The second kappa shape index (κ2) is 6.72. The van der Waals surface area contributed by atoms with Gasteiger partial charge in [0.25, 0.3) is 0 Å². The minimum absolute atomic E-state index is 0.0713. The molecule has 2 aromatic rings. The average molecular weight is 353 g/mol. The first-order valence-electron chi connectivity index (χ1n) is 6.25. The second-order valence-electron chi connectivity index (χ2n) is 4.38. The number of Topliss-reactive ketones (excluding diaryl/α,β-unsaturated/α-hetero) is 1. The van der Waals surface area contributed by atoms with E-state index in [9.17, 15) is 9.18 Å². The Kier molecular flexibility index (Phi) is 4.96. The van der Waals surface area contributed by atoms with E-state index in [-0.39, 0.29) is 12.2 Å². The van der Waals surface area contributed by atoms with Crippen molar-refractivity contribution >= 4 is 21.7 Å².